The van der Waals surface area contributed by atoms with Crippen LogP contribution >= 0.6 is 22.7 Å². The zero-order valence-corrected chi connectivity index (χ0v) is 14.9. The highest BCUT2D eigenvalue weighted by atomic mass is 32.1. The van der Waals surface area contributed by atoms with Crippen LogP contribution in [0.4, 0.5) is 10.3 Å². The van der Waals surface area contributed by atoms with Gasteiger partial charge < -0.3 is 4.74 Å². The van der Waals surface area contributed by atoms with Gasteiger partial charge in [0.05, 0.1) is 4.88 Å². The first-order valence-corrected chi connectivity index (χ1v) is 8.54. The van der Waals surface area contributed by atoms with Gasteiger partial charge in [0, 0.05) is 0 Å². The van der Waals surface area contributed by atoms with Gasteiger partial charge in [0.2, 0.25) is 27.6 Å². The molecule has 0 spiro atoms. The van der Waals surface area contributed by atoms with E-state index in [1.54, 1.807) is 38.1 Å². The SMILES string of the molecule is CC1(C)Oc2nc(N=C(C#N)C#N)sc2-c2sc(N=C(C#N)C#N)nc21. The van der Waals surface area contributed by atoms with Crippen molar-refractivity contribution in [2.24, 2.45) is 9.98 Å². The number of thiazole rings is 2. The van der Waals surface area contributed by atoms with Crippen LogP contribution in [0.3, 0.4) is 0 Å². The van der Waals surface area contributed by atoms with Gasteiger partial charge in [0.25, 0.3) is 0 Å². The van der Waals surface area contributed by atoms with E-state index in [-0.39, 0.29) is 21.7 Å². The zero-order valence-electron chi connectivity index (χ0n) is 13.3. The highest BCUT2D eigenvalue weighted by Crippen LogP contribution is 2.52. The van der Waals surface area contributed by atoms with Crippen molar-refractivity contribution in [2.75, 3.05) is 0 Å². The third-order valence-electron chi connectivity index (χ3n) is 3.17. The van der Waals surface area contributed by atoms with Gasteiger partial charge in [-0.25, -0.2) is 4.98 Å². The molecule has 0 atom stereocenters. The molecule has 11 heteroatoms. The highest BCUT2D eigenvalue weighted by molar-refractivity contribution is 7.25. The van der Waals surface area contributed by atoms with Crippen molar-refractivity contribution >= 4 is 44.4 Å². The third-order valence-corrected chi connectivity index (χ3v) is 5.21. The summed E-state index contributed by atoms with van der Waals surface area (Å²) < 4.78 is 5.88. The number of nitriles is 4. The first-order valence-electron chi connectivity index (χ1n) is 6.91. The van der Waals surface area contributed by atoms with Crippen LogP contribution in [0.25, 0.3) is 9.75 Å². The molecule has 0 saturated heterocycles. The van der Waals surface area contributed by atoms with Gasteiger partial charge in [-0.1, -0.05) is 22.7 Å². The van der Waals surface area contributed by atoms with Crippen molar-refractivity contribution in [3.8, 4) is 39.9 Å². The molecule has 124 valence electrons. The van der Waals surface area contributed by atoms with E-state index in [9.17, 15) is 0 Å². The molecule has 3 rings (SSSR count). The van der Waals surface area contributed by atoms with Crippen molar-refractivity contribution in [1.29, 1.82) is 21.0 Å². The second kappa shape index (κ2) is 6.34. The van der Waals surface area contributed by atoms with E-state index in [2.05, 4.69) is 20.0 Å². The molecule has 0 unspecified atom stereocenters. The molecule has 0 aromatic carbocycles. The van der Waals surface area contributed by atoms with Crippen molar-refractivity contribution in [3.05, 3.63) is 5.69 Å². The summed E-state index contributed by atoms with van der Waals surface area (Å²) in [7, 11) is 0. The lowest BCUT2D eigenvalue weighted by atomic mass is 10.0. The predicted molar refractivity (Wildman–Crippen MR) is 93.5 cm³/mol. The maximum absolute atomic E-state index is 8.86. The lowest BCUT2D eigenvalue weighted by molar-refractivity contribution is 0.0964. The number of fused-ring (bicyclic) bond motifs is 3. The number of nitrogens with zero attached hydrogens (tertiary/aromatic N) is 8. The van der Waals surface area contributed by atoms with Gasteiger partial charge in [-0.05, 0) is 13.8 Å². The van der Waals surface area contributed by atoms with Crippen LogP contribution in [-0.2, 0) is 5.60 Å². The fourth-order valence-corrected chi connectivity index (χ4v) is 4.19. The maximum Gasteiger partial charge on any atom is 0.236 e. The largest absolute Gasteiger partial charge is 0.464 e. The lowest BCUT2D eigenvalue weighted by Gasteiger charge is -2.28. The monoisotopic (exact) mass is 378 g/mol. The second-order valence-corrected chi connectivity index (χ2v) is 7.24. The van der Waals surface area contributed by atoms with Crippen LogP contribution in [0.1, 0.15) is 19.5 Å². The van der Waals surface area contributed by atoms with Crippen molar-refractivity contribution in [1.82, 2.24) is 9.97 Å². The quantitative estimate of drug-likeness (QED) is 0.727. The van der Waals surface area contributed by atoms with E-state index >= 15 is 0 Å². The van der Waals surface area contributed by atoms with Crippen molar-refractivity contribution in [3.63, 3.8) is 0 Å². The number of aromatic nitrogens is 2. The fourth-order valence-electron chi connectivity index (χ4n) is 2.11. The van der Waals surface area contributed by atoms with Gasteiger partial charge in [-0.2, -0.15) is 36.0 Å². The minimum absolute atomic E-state index is 0.213. The molecule has 0 bridgehead atoms. The first-order chi connectivity index (χ1) is 12.4. The Balaban J connectivity index is 2.15. The third kappa shape index (κ3) is 2.89. The number of rotatable bonds is 2. The molecule has 0 aliphatic carbocycles. The smallest absolute Gasteiger partial charge is 0.236 e. The average molecular weight is 378 g/mol. The van der Waals surface area contributed by atoms with Gasteiger partial charge in [-0.3, -0.25) is 0 Å². The minimum Gasteiger partial charge on any atom is -0.464 e. The Labute approximate surface area is 155 Å². The Morgan fingerprint density at radius 3 is 1.92 bits per heavy atom. The predicted octanol–water partition coefficient (Wildman–Crippen LogP) is 3.13. The van der Waals surface area contributed by atoms with E-state index in [4.69, 9.17) is 25.8 Å². The Kier molecular flexibility index (Phi) is 4.19. The average Bonchev–Trinajstić information content (AvgIpc) is 3.21. The Hall–Kier alpha value is -3.64. The molecule has 0 amide bonds. The Bertz CT molecular complexity index is 1110. The number of ether oxygens (including phenoxy) is 1. The van der Waals surface area contributed by atoms with Crippen LogP contribution in [0.15, 0.2) is 9.98 Å². The Morgan fingerprint density at radius 2 is 1.38 bits per heavy atom. The van der Waals surface area contributed by atoms with Crippen LogP contribution in [-0.4, -0.2) is 21.4 Å². The molecular weight excluding hydrogens is 372 g/mol. The molecule has 0 fully saturated rings. The lowest BCUT2D eigenvalue weighted by Crippen LogP contribution is -2.29. The topological polar surface area (TPSA) is 155 Å². The van der Waals surface area contributed by atoms with E-state index in [1.165, 1.54) is 11.3 Å². The molecule has 3 heterocycles. The summed E-state index contributed by atoms with van der Waals surface area (Å²) in [4.78, 5) is 17.8. The number of hydrogen-bond donors (Lipinski definition) is 0. The van der Waals surface area contributed by atoms with Crippen LogP contribution in [0.5, 0.6) is 5.88 Å². The van der Waals surface area contributed by atoms with Crippen LogP contribution in [0.2, 0.25) is 0 Å². The molecule has 1 aliphatic heterocycles. The van der Waals surface area contributed by atoms with E-state index in [0.29, 0.717) is 16.5 Å². The van der Waals surface area contributed by atoms with Crippen LogP contribution in [0, 0.1) is 45.3 Å². The van der Waals surface area contributed by atoms with Gasteiger partial charge in [0.1, 0.15) is 40.4 Å². The standard InChI is InChI=1S/C15H6N8OS2/c1-15(2)11-9(25-13(22-11)20-7(3-16)4-17)10-12(24-15)23-14(26-10)21-8(5-18)6-19/h1-2H3. The molecule has 9 nitrogen and oxygen atoms in total. The van der Waals surface area contributed by atoms with E-state index in [0.717, 1.165) is 16.2 Å². The molecular formula is C15H6N8OS2. The minimum atomic E-state index is -0.811. The normalized spacial score (nSPS) is 12.7. The molecule has 26 heavy (non-hydrogen) atoms. The molecule has 0 N–H and O–H groups in total. The summed E-state index contributed by atoms with van der Waals surface area (Å²) in [5.41, 5.74) is -0.812. The molecule has 0 radical (unpaired) electrons. The van der Waals surface area contributed by atoms with Crippen molar-refractivity contribution in [2.45, 2.75) is 19.4 Å². The number of aliphatic imine (C=N–C) groups is 2. The molecule has 2 aromatic heterocycles. The van der Waals surface area contributed by atoms with E-state index < -0.39 is 5.60 Å². The summed E-state index contributed by atoms with van der Waals surface area (Å²) in [6.45, 7) is 3.60. The number of hydrogen-bond acceptors (Lipinski definition) is 11. The van der Waals surface area contributed by atoms with Gasteiger partial charge in [0.15, 0.2) is 0 Å². The van der Waals surface area contributed by atoms with Gasteiger partial charge in [-0.15, -0.1) is 0 Å². The Morgan fingerprint density at radius 1 is 0.885 bits per heavy atom. The summed E-state index contributed by atoms with van der Waals surface area (Å²) in [5, 5.41) is 35.8. The zero-order chi connectivity index (χ0) is 18.9. The molecule has 1 aliphatic rings. The summed E-state index contributed by atoms with van der Waals surface area (Å²) in [6.07, 6.45) is 0. The summed E-state index contributed by atoms with van der Waals surface area (Å²) >= 11 is 2.34. The summed E-state index contributed by atoms with van der Waals surface area (Å²) in [5.74, 6) is 0.321. The van der Waals surface area contributed by atoms with E-state index in [1.807, 2.05) is 0 Å². The fraction of sp³-hybridized carbons (Fsp3) is 0.200. The molecule has 2 aromatic rings. The molecule has 0 saturated carbocycles. The van der Waals surface area contributed by atoms with Crippen molar-refractivity contribution < 1.29 is 4.74 Å². The first kappa shape index (κ1) is 17.2. The maximum atomic E-state index is 8.86. The van der Waals surface area contributed by atoms with Gasteiger partial charge >= 0.3 is 0 Å². The highest BCUT2D eigenvalue weighted by Gasteiger charge is 2.39. The second-order valence-electron chi connectivity index (χ2n) is 5.29. The summed E-state index contributed by atoms with van der Waals surface area (Å²) in [6, 6.07) is 6.75. The van der Waals surface area contributed by atoms with Crippen LogP contribution < -0.4 is 4.74 Å².